The second-order valence-corrected chi connectivity index (χ2v) is 10.5. The molecule has 0 bridgehead atoms. The number of nitrogens with one attached hydrogen (secondary N) is 3. The minimum absolute atomic E-state index is 0.129. The van der Waals surface area contributed by atoms with Gasteiger partial charge in [-0.1, -0.05) is 73.9 Å². The lowest BCUT2D eigenvalue weighted by molar-refractivity contribution is -0.126. The highest BCUT2D eigenvalue weighted by molar-refractivity contribution is 5.98. The lowest BCUT2D eigenvalue weighted by Crippen LogP contribution is -2.44. The molecule has 1 saturated carbocycles. The maximum atomic E-state index is 13.2. The zero-order valence-electron chi connectivity index (χ0n) is 22.6. The number of unbranched alkanes of at least 4 members (excludes halogenated alkanes) is 1. The standard InChI is InChI=1S/C32H40N4O3/c33-20-7-6-15-29(36-30(37)21-26-13-8-12-24-9-4-5-14-28(24)26)32(39)35-27-18-16-23(17-19-27)22-34-31(38)25-10-2-1-3-11-25/h4-5,8-9,12-14,16-19,25,29H,1-3,6-7,10-11,15,20-22,33H2,(H,34,38)(H,35,39)(H,36,37). The fourth-order valence-electron chi connectivity index (χ4n) is 5.26. The van der Waals surface area contributed by atoms with Crippen LogP contribution in [-0.4, -0.2) is 30.3 Å². The molecule has 1 fully saturated rings. The molecule has 5 N–H and O–H groups in total. The van der Waals surface area contributed by atoms with E-state index in [-0.39, 0.29) is 30.1 Å². The van der Waals surface area contributed by atoms with Gasteiger partial charge in [-0.05, 0) is 72.7 Å². The first-order valence-corrected chi connectivity index (χ1v) is 14.2. The molecule has 3 aromatic rings. The predicted molar refractivity (Wildman–Crippen MR) is 156 cm³/mol. The van der Waals surface area contributed by atoms with Crippen LogP contribution in [0.25, 0.3) is 10.8 Å². The maximum absolute atomic E-state index is 13.2. The van der Waals surface area contributed by atoms with Gasteiger partial charge in [-0.25, -0.2) is 0 Å². The smallest absolute Gasteiger partial charge is 0.246 e. The molecule has 4 rings (SSSR count). The Labute approximate surface area is 230 Å². The minimum Gasteiger partial charge on any atom is -0.352 e. The monoisotopic (exact) mass is 528 g/mol. The zero-order valence-corrected chi connectivity index (χ0v) is 22.6. The van der Waals surface area contributed by atoms with Crippen molar-refractivity contribution in [2.45, 2.75) is 70.4 Å². The van der Waals surface area contributed by atoms with Crippen molar-refractivity contribution in [1.82, 2.24) is 10.6 Å². The van der Waals surface area contributed by atoms with E-state index < -0.39 is 6.04 Å². The Morgan fingerprint density at radius 1 is 0.872 bits per heavy atom. The molecule has 0 aliphatic heterocycles. The first-order valence-electron chi connectivity index (χ1n) is 14.2. The molecule has 1 unspecified atom stereocenters. The highest BCUT2D eigenvalue weighted by Crippen LogP contribution is 2.24. The average Bonchev–Trinajstić information content (AvgIpc) is 2.97. The van der Waals surface area contributed by atoms with Crippen molar-refractivity contribution in [1.29, 1.82) is 0 Å². The van der Waals surface area contributed by atoms with Gasteiger partial charge in [0.05, 0.1) is 6.42 Å². The normalized spacial score (nSPS) is 14.5. The number of carbonyl (C=O) groups is 3. The molecule has 39 heavy (non-hydrogen) atoms. The van der Waals surface area contributed by atoms with E-state index in [0.717, 1.165) is 60.4 Å². The number of nitrogens with two attached hydrogens (primary N) is 1. The lowest BCUT2D eigenvalue weighted by Gasteiger charge is -2.21. The predicted octanol–water partition coefficient (Wildman–Crippen LogP) is 4.83. The van der Waals surface area contributed by atoms with Crippen molar-refractivity contribution in [2.75, 3.05) is 11.9 Å². The number of fused-ring (bicyclic) bond motifs is 1. The Bertz CT molecular complexity index is 1250. The van der Waals surface area contributed by atoms with Crippen molar-refractivity contribution < 1.29 is 14.4 Å². The minimum atomic E-state index is -0.659. The molecule has 1 atom stereocenters. The van der Waals surface area contributed by atoms with Crippen LogP contribution in [0.2, 0.25) is 0 Å². The molecule has 7 heteroatoms. The van der Waals surface area contributed by atoms with Crippen molar-refractivity contribution >= 4 is 34.2 Å². The number of hydrogen-bond donors (Lipinski definition) is 4. The van der Waals surface area contributed by atoms with E-state index in [1.54, 1.807) is 0 Å². The summed E-state index contributed by atoms with van der Waals surface area (Å²) in [5.74, 6) is -0.184. The van der Waals surface area contributed by atoms with Gasteiger partial charge in [0, 0.05) is 18.2 Å². The fourth-order valence-corrected chi connectivity index (χ4v) is 5.26. The topological polar surface area (TPSA) is 113 Å². The van der Waals surface area contributed by atoms with E-state index >= 15 is 0 Å². The van der Waals surface area contributed by atoms with E-state index in [4.69, 9.17) is 5.73 Å². The number of anilines is 1. The molecule has 0 radical (unpaired) electrons. The third-order valence-electron chi connectivity index (χ3n) is 7.49. The summed E-state index contributed by atoms with van der Waals surface area (Å²) in [5.41, 5.74) is 8.20. The highest BCUT2D eigenvalue weighted by Gasteiger charge is 2.22. The van der Waals surface area contributed by atoms with Crippen LogP contribution in [0.5, 0.6) is 0 Å². The van der Waals surface area contributed by atoms with Crippen LogP contribution >= 0.6 is 0 Å². The molecule has 1 aliphatic carbocycles. The molecule has 206 valence electrons. The van der Waals surface area contributed by atoms with Crippen molar-refractivity contribution in [2.24, 2.45) is 11.7 Å². The molecule has 3 aromatic carbocycles. The molecule has 0 saturated heterocycles. The van der Waals surface area contributed by atoms with Crippen molar-refractivity contribution in [3.63, 3.8) is 0 Å². The Balaban J connectivity index is 1.33. The summed E-state index contributed by atoms with van der Waals surface area (Å²) in [5, 5.41) is 11.0. The van der Waals surface area contributed by atoms with E-state index in [0.29, 0.717) is 25.2 Å². The van der Waals surface area contributed by atoms with Crippen LogP contribution in [0, 0.1) is 5.92 Å². The maximum Gasteiger partial charge on any atom is 0.246 e. The van der Waals surface area contributed by atoms with E-state index in [9.17, 15) is 14.4 Å². The number of hydrogen-bond acceptors (Lipinski definition) is 4. The number of carbonyl (C=O) groups excluding carboxylic acids is 3. The Hall–Kier alpha value is -3.71. The Morgan fingerprint density at radius 3 is 2.38 bits per heavy atom. The summed E-state index contributed by atoms with van der Waals surface area (Å²) in [4.78, 5) is 38.6. The van der Waals surface area contributed by atoms with E-state index in [2.05, 4.69) is 16.0 Å². The van der Waals surface area contributed by atoms with Crippen molar-refractivity contribution in [3.8, 4) is 0 Å². The molecular weight excluding hydrogens is 488 g/mol. The summed E-state index contributed by atoms with van der Waals surface area (Å²) in [6.07, 6.45) is 7.65. The van der Waals surface area contributed by atoms with Crippen LogP contribution in [0.4, 0.5) is 5.69 Å². The lowest BCUT2D eigenvalue weighted by atomic mass is 9.88. The van der Waals surface area contributed by atoms with Gasteiger partial charge >= 0.3 is 0 Å². The zero-order chi connectivity index (χ0) is 27.5. The van der Waals surface area contributed by atoms with Gasteiger partial charge in [0.1, 0.15) is 6.04 Å². The van der Waals surface area contributed by atoms with Gasteiger partial charge in [-0.2, -0.15) is 0 Å². The van der Waals surface area contributed by atoms with Gasteiger partial charge in [-0.3, -0.25) is 14.4 Å². The largest absolute Gasteiger partial charge is 0.352 e. The SMILES string of the molecule is NCCCCC(NC(=O)Cc1cccc2ccccc12)C(=O)Nc1ccc(CNC(=O)C2CCCCC2)cc1. The summed E-state index contributed by atoms with van der Waals surface area (Å²) < 4.78 is 0. The quantitative estimate of drug-likeness (QED) is 0.252. The van der Waals surface area contributed by atoms with Gasteiger partial charge in [0.2, 0.25) is 17.7 Å². The number of amides is 3. The first-order chi connectivity index (χ1) is 19.0. The van der Waals surface area contributed by atoms with Crippen LogP contribution < -0.4 is 21.7 Å². The van der Waals surface area contributed by atoms with Gasteiger partial charge < -0.3 is 21.7 Å². The number of rotatable bonds is 12. The van der Waals surface area contributed by atoms with E-state index in [1.807, 2.05) is 66.7 Å². The molecule has 1 aliphatic rings. The summed E-state index contributed by atoms with van der Waals surface area (Å²) in [6, 6.07) is 20.7. The second-order valence-electron chi connectivity index (χ2n) is 10.5. The van der Waals surface area contributed by atoms with Gasteiger partial charge in [0.25, 0.3) is 0 Å². The fraction of sp³-hybridized carbons (Fsp3) is 0.406. The Kier molecular flexibility index (Phi) is 10.5. The Morgan fingerprint density at radius 2 is 1.62 bits per heavy atom. The third kappa shape index (κ3) is 8.39. The molecule has 7 nitrogen and oxygen atoms in total. The van der Waals surface area contributed by atoms with Crippen molar-refractivity contribution in [3.05, 3.63) is 77.9 Å². The average molecular weight is 529 g/mol. The first kappa shape index (κ1) is 28.3. The van der Waals surface area contributed by atoms with Crippen LogP contribution in [0.3, 0.4) is 0 Å². The molecule has 3 amide bonds. The third-order valence-corrected chi connectivity index (χ3v) is 7.49. The van der Waals surface area contributed by atoms with Crippen LogP contribution in [0.15, 0.2) is 66.7 Å². The van der Waals surface area contributed by atoms with Crippen LogP contribution in [-0.2, 0) is 27.3 Å². The molecule has 0 heterocycles. The summed E-state index contributed by atoms with van der Waals surface area (Å²) in [7, 11) is 0. The van der Waals surface area contributed by atoms with Crippen LogP contribution in [0.1, 0.15) is 62.5 Å². The summed E-state index contributed by atoms with van der Waals surface area (Å²) >= 11 is 0. The number of benzene rings is 3. The van der Waals surface area contributed by atoms with E-state index in [1.165, 1.54) is 6.42 Å². The van der Waals surface area contributed by atoms with Gasteiger partial charge in [0.15, 0.2) is 0 Å². The molecule has 0 spiro atoms. The molecular formula is C32H40N4O3. The highest BCUT2D eigenvalue weighted by atomic mass is 16.2. The van der Waals surface area contributed by atoms with Gasteiger partial charge in [-0.15, -0.1) is 0 Å². The molecule has 0 aromatic heterocycles. The second kappa shape index (κ2) is 14.4. The summed E-state index contributed by atoms with van der Waals surface area (Å²) in [6.45, 7) is 1.01.